The van der Waals surface area contributed by atoms with Crippen LogP contribution >= 0.6 is 11.6 Å². The van der Waals surface area contributed by atoms with Gasteiger partial charge in [0.05, 0.1) is 11.7 Å². The molecule has 0 saturated heterocycles. The van der Waals surface area contributed by atoms with Crippen molar-refractivity contribution in [1.82, 2.24) is 5.32 Å². The van der Waals surface area contributed by atoms with Gasteiger partial charge in [0.1, 0.15) is 0 Å². The van der Waals surface area contributed by atoms with Crippen molar-refractivity contribution in [2.24, 2.45) is 5.41 Å². The third kappa shape index (κ3) is 10.4. The minimum absolute atomic E-state index is 0.0437. The van der Waals surface area contributed by atoms with Crippen molar-refractivity contribution in [2.75, 3.05) is 17.6 Å². The number of carbonyl (C=O) groups is 2. The van der Waals surface area contributed by atoms with E-state index in [0.29, 0.717) is 22.7 Å². The molecule has 9 heteroatoms. The largest absolute Gasteiger partial charge is 0.351 e. The van der Waals surface area contributed by atoms with E-state index in [1.54, 1.807) is 24.3 Å². The maximum Gasteiger partial charge on any atom is 0.266 e. The van der Waals surface area contributed by atoms with Crippen LogP contribution in [0.3, 0.4) is 0 Å². The van der Waals surface area contributed by atoms with Crippen molar-refractivity contribution in [3.63, 3.8) is 0 Å². The van der Waals surface area contributed by atoms with Crippen molar-refractivity contribution in [3.05, 3.63) is 130 Å². The van der Waals surface area contributed by atoms with Gasteiger partial charge in [0, 0.05) is 28.4 Å². The van der Waals surface area contributed by atoms with E-state index in [0.717, 1.165) is 27.8 Å². The Balaban J connectivity index is 1.53. The molecule has 7 nitrogen and oxygen atoms in total. The summed E-state index contributed by atoms with van der Waals surface area (Å²) in [5, 5.41) is 6.18. The highest BCUT2D eigenvalue weighted by Crippen LogP contribution is 2.29. The van der Waals surface area contributed by atoms with Crippen molar-refractivity contribution in [1.29, 1.82) is 0 Å². The van der Waals surface area contributed by atoms with E-state index in [4.69, 9.17) is 16.2 Å². The predicted octanol–water partition coefficient (Wildman–Crippen LogP) is 7.65. The van der Waals surface area contributed by atoms with Crippen LogP contribution in [0.15, 0.2) is 103 Å². The standard InChI is InChI=1S/C36H37ClN2O5S/c1-36(2,3)21-20-25-8-12-28(13-9-25)32(24-26-10-14-29(15-11-26)34(40)38-22-23-45(42,43)44)35(41)39-30-18-16-27(17-19-30)31-6-4-5-7-33(31)37/h4-21,32H,22-24H2,1-3H3,(H,38,40)(H,39,41)(H,42,43,44)/b21-20+. The van der Waals surface area contributed by atoms with E-state index in [1.165, 1.54) is 0 Å². The zero-order valence-electron chi connectivity index (χ0n) is 25.5. The fraction of sp³-hybridized carbons (Fsp3) is 0.222. The predicted molar refractivity (Wildman–Crippen MR) is 182 cm³/mol. The second kappa shape index (κ2) is 14.7. The van der Waals surface area contributed by atoms with Crippen molar-refractivity contribution < 1.29 is 22.6 Å². The number of allylic oxidation sites excluding steroid dienone is 1. The molecule has 0 fully saturated rings. The van der Waals surface area contributed by atoms with Gasteiger partial charge in [0.15, 0.2) is 0 Å². The Kier molecular flexibility index (Phi) is 11.0. The Labute approximate surface area is 270 Å². The average molecular weight is 645 g/mol. The molecule has 0 radical (unpaired) electrons. The number of anilines is 1. The van der Waals surface area contributed by atoms with Crippen LogP contribution in [-0.2, 0) is 21.3 Å². The molecular formula is C36H37ClN2O5S. The second-order valence-corrected chi connectivity index (χ2v) is 13.9. The lowest BCUT2D eigenvalue weighted by Gasteiger charge is -2.19. The van der Waals surface area contributed by atoms with E-state index < -0.39 is 27.7 Å². The van der Waals surface area contributed by atoms with Crippen LogP contribution in [0.5, 0.6) is 0 Å². The Morgan fingerprint density at radius 2 is 1.53 bits per heavy atom. The zero-order valence-corrected chi connectivity index (χ0v) is 27.0. The topological polar surface area (TPSA) is 113 Å². The molecule has 0 aliphatic heterocycles. The molecular weight excluding hydrogens is 608 g/mol. The third-order valence-corrected chi connectivity index (χ3v) is 8.12. The van der Waals surface area contributed by atoms with Crippen LogP contribution in [0.2, 0.25) is 5.02 Å². The Morgan fingerprint density at radius 1 is 0.889 bits per heavy atom. The zero-order chi connectivity index (χ0) is 32.6. The molecule has 4 aromatic rings. The summed E-state index contributed by atoms with van der Waals surface area (Å²) in [6.07, 6.45) is 4.59. The van der Waals surface area contributed by atoms with Crippen LogP contribution < -0.4 is 10.6 Å². The summed E-state index contributed by atoms with van der Waals surface area (Å²) >= 11 is 6.36. The first-order valence-corrected chi connectivity index (χ1v) is 16.5. The smallest absolute Gasteiger partial charge is 0.266 e. The molecule has 1 atom stereocenters. The first-order chi connectivity index (χ1) is 21.3. The van der Waals surface area contributed by atoms with Gasteiger partial charge in [-0.25, -0.2) is 0 Å². The highest BCUT2D eigenvalue weighted by Gasteiger charge is 2.22. The number of carbonyl (C=O) groups excluding carboxylic acids is 2. The molecule has 0 aromatic heterocycles. The van der Waals surface area contributed by atoms with Gasteiger partial charge in [-0.3, -0.25) is 14.1 Å². The molecule has 4 aromatic carbocycles. The molecule has 0 saturated carbocycles. The number of nitrogens with one attached hydrogen (secondary N) is 2. The van der Waals surface area contributed by atoms with Crippen molar-refractivity contribution in [2.45, 2.75) is 33.1 Å². The summed E-state index contributed by atoms with van der Waals surface area (Å²) in [5.41, 5.74) is 5.61. The Hall–Kier alpha value is -4.24. The molecule has 0 spiro atoms. The number of rotatable bonds is 11. The number of halogens is 1. The van der Waals surface area contributed by atoms with Gasteiger partial charge >= 0.3 is 0 Å². The minimum Gasteiger partial charge on any atom is -0.351 e. The number of hydrogen-bond acceptors (Lipinski definition) is 4. The van der Waals surface area contributed by atoms with Gasteiger partial charge in [0.25, 0.3) is 16.0 Å². The maximum absolute atomic E-state index is 13.8. The van der Waals surface area contributed by atoms with Gasteiger partial charge < -0.3 is 10.6 Å². The highest BCUT2D eigenvalue weighted by molar-refractivity contribution is 7.85. The fourth-order valence-corrected chi connectivity index (χ4v) is 5.23. The fourth-order valence-electron chi connectivity index (χ4n) is 4.63. The van der Waals surface area contributed by atoms with Gasteiger partial charge in [-0.2, -0.15) is 8.42 Å². The molecule has 0 aliphatic rings. The number of benzene rings is 4. The van der Waals surface area contributed by atoms with Crippen molar-refractivity contribution in [3.8, 4) is 11.1 Å². The quantitative estimate of drug-likeness (QED) is 0.145. The summed E-state index contributed by atoms with van der Waals surface area (Å²) < 4.78 is 30.7. The van der Waals surface area contributed by atoms with Crippen LogP contribution in [-0.4, -0.2) is 37.1 Å². The molecule has 0 aliphatic carbocycles. The van der Waals surface area contributed by atoms with Crippen LogP contribution in [0.1, 0.15) is 53.7 Å². The normalized spacial score (nSPS) is 12.6. The van der Waals surface area contributed by atoms with E-state index in [1.807, 2.05) is 72.8 Å². The first-order valence-electron chi connectivity index (χ1n) is 14.5. The highest BCUT2D eigenvalue weighted by atomic mass is 35.5. The minimum atomic E-state index is -4.17. The molecule has 4 rings (SSSR count). The van der Waals surface area contributed by atoms with Gasteiger partial charge in [-0.05, 0) is 64.4 Å². The molecule has 0 bridgehead atoms. The summed E-state index contributed by atoms with van der Waals surface area (Å²) in [7, 11) is -4.17. The third-order valence-electron chi connectivity index (χ3n) is 7.07. The first kappa shape index (κ1) is 33.6. The SMILES string of the molecule is CC(C)(C)/C=C/c1ccc(C(Cc2ccc(C(=O)NCCS(=O)(=O)O)cc2)C(=O)Nc2ccc(-c3ccccc3Cl)cc2)cc1. The van der Waals surface area contributed by atoms with Gasteiger partial charge in [-0.1, -0.05) is 111 Å². The molecule has 1 unspecified atom stereocenters. The summed E-state index contributed by atoms with van der Waals surface area (Å²) in [4.78, 5) is 26.2. The summed E-state index contributed by atoms with van der Waals surface area (Å²) in [6, 6.07) is 29.8. The molecule has 234 valence electrons. The van der Waals surface area contributed by atoms with E-state index in [9.17, 15) is 18.0 Å². The van der Waals surface area contributed by atoms with Crippen molar-refractivity contribution >= 4 is 45.3 Å². The van der Waals surface area contributed by atoms with Gasteiger partial charge in [0.2, 0.25) is 5.91 Å². The van der Waals surface area contributed by atoms with Crippen LogP contribution in [0, 0.1) is 5.41 Å². The summed E-state index contributed by atoms with van der Waals surface area (Å²) in [6.45, 7) is 6.19. The van der Waals surface area contributed by atoms with Crippen LogP contribution in [0.25, 0.3) is 17.2 Å². The summed E-state index contributed by atoms with van der Waals surface area (Å²) in [5.74, 6) is -1.73. The average Bonchev–Trinajstić information content (AvgIpc) is 2.99. The Bertz CT molecular complexity index is 1760. The number of amides is 2. The van der Waals surface area contributed by atoms with E-state index in [2.05, 4.69) is 43.6 Å². The lowest BCUT2D eigenvalue weighted by molar-refractivity contribution is -0.117. The van der Waals surface area contributed by atoms with Crippen LogP contribution in [0.4, 0.5) is 5.69 Å². The molecule has 0 heterocycles. The maximum atomic E-state index is 13.8. The lowest BCUT2D eigenvalue weighted by Crippen LogP contribution is -2.28. The Morgan fingerprint density at radius 3 is 2.13 bits per heavy atom. The number of hydrogen-bond donors (Lipinski definition) is 3. The molecule has 3 N–H and O–H groups in total. The molecule has 2 amide bonds. The lowest BCUT2D eigenvalue weighted by atomic mass is 9.89. The second-order valence-electron chi connectivity index (χ2n) is 11.9. The van der Waals surface area contributed by atoms with Gasteiger partial charge in [-0.15, -0.1) is 0 Å². The molecule has 45 heavy (non-hydrogen) atoms. The van der Waals surface area contributed by atoms with E-state index >= 15 is 0 Å². The monoisotopic (exact) mass is 644 g/mol. The van der Waals surface area contributed by atoms with E-state index in [-0.39, 0.29) is 17.9 Å².